The van der Waals surface area contributed by atoms with Crippen LogP contribution < -0.4 is 10.5 Å². The molecule has 0 aliphatic heterocycles. The SMILES string of the molecule is CC(C)(C#N)CCCOc1ccc(Cl)cc1CN. The van der Waals surface area contributed by atoms with Gasteiger partial charge in [0.15, 0.2) is 0 Å². The Hall–Kier alpha value is -1.24. The van der Waals surface area contributed by atoms with Gasteiger partial charge < -0.3 is 10.5 Å². The average molecular weight is 267 g/mol. The van der Waals surface area contributed by atoms with Gasteiger partial charge in [-0.2, -0.15) is 5.26 Å². The van der Waals surface area contributed by atoms with E-state index in [0.717, 1.165) is 24.2 Å². The highest BCUT2D eigenvalue weighted by Crippen LogP contribution is 2.24. The van der Waals surface area contributed by atoms with Crippen molar-refractivity contribution in [2.75, 3.05) is 6.61 Å². The molecule has 1 rings (SSSR count). The van der Waals surface area contributed by atoms with Gasteiger partial charge >= 0.3 is 0 Å². The maximum Gasteiger partial charge on any atom is 0.123 e. The fraction of sp³-hybridized carbons (Fsp3) is 0.500. The van der Waals surface area contributed by atoms with Crippen molar-refractivity contribution in [1.29, 1.82) is 5.26 Å². The van der Waals surface area contributed by atoms with E-state index in [1.165, 1.54) is 0 Å². The van der Waals surface area contributed by atoms with E-state index < -0.39 is 0 Å². The minimum absolute atomic E-state index is 0.292. The van der Waals surface area contributed by atoms with Crippen molar-refractivity contribution >= 4 is 11.6 Å². The van der Waals surface area contributed by atoms with E-state index in [0.29, 0.717) is 18.2 Å². The molecule has 0 amide bonds. The summed E-state index contributed by atoms with van der Waals surface area (Å²) < 4.78 is 5.67. The van der Waals surface area contributed by atoms with Gasteiger partial charge in [-0.25, -0.2) is 0 Å². The zero-order chi connectivity index (χ0) is 13.6. The van der Waals surface area contributed by atoms with Crippen molar-refractivity contribution in [3.63, 3.8) is 0 Å². The van der Waals surface area contributed by atoms with Crippen LogP contribution >= 0.6 is 11.6 Å². The fourth-order valence-electron chi connectivity index (χ4n) is 1.60. The molecular formula is C14H19ClN2O. The van der Waals surface area contributed by atoms with Crippen LogP contribution in [0.2, 0.25) is 5.02 Å². The first kappa shape index (κ1) is 14.8. The largest absolute Gasteiger partial charge is 0.493 e. The van der Waals surface area contributed by atoms with Crippen molar-refractivity contribution in [3.8, 4) is 11.8 Å². The average Bonchev–Trinajstić information content (AvgIpc) is 2.36. The molecule has 0 unspecified atom stereocenters. The lowest BCUT2D eigenvalue weighted by Crippen LogP contribution is -2.10. The molecule has 4 heteroatoms. The van der Waals surface area contributed by atoms with Crippen molar-refractivity contribution in [1.82, 2.24) is 0 Å². The monoisotopic (exact) mass is 266 g/mol. The van der Waals surface area contributed by atoms with Crippen molar-refractivity contribution in [2.24, 2.45) is 11.1 Å². The highest BCUT2D eigenvalue weighted by Gasteiger charge is 2.15. The lowest BCUT2D eigenvalue weighted by Gasteiger charge is -2.15. The van der Waals surface area contributed by atoms with Gasteiger partial charge in [0.2, 0.25) is 0 Å². The van der Waals surface area contributed by atoms with Gasteiger partial charge in [0.05, 0.1) is 18.1 Å². The van der Waals surface area contributed by atoms with E-state index in [2.05, 4.69) is 6.07 Å². The summed E-state index contributed by atoms with van der Waals surface area (Å²) >= 11 is 5.89. The number of hydrogen-bond donors (Lipinski definition) is 1. The normalized spacial score (nSPS) is 11.1. The second-order valence-corrected chi connectivity index (χ2v) is 5.34. The molecule has 0 saturated carbocycles. The van der Waals surface area contributed by atoms with E-state index in [4.69, 9.17) is 27.3 Å². The Bertz CT molecular complexity index is 438. The predicted molar refractivity (Wildman–Crippen MR) is 73.5 cm³/mol. The molecule has 0 saturated heterocycles. The number of nitrogens with two attached hydrogens (primary N) is 1. The maximum absolute atomic E-state index is 8.90. The summed E-state index contributed by atoms with van der Waals surface area (Å²) in [5.74, 6) is 0.775. The summed E-state index contributed by atoms with van der Waals surface area (Å²) in [5.41, 5.74) is 6.25. The summed E-state index contributed by atoms with van der Waals surface area (Å²) in [4.78, 5) is 0. The molecule has 18 heavy (non-hydrogen) atoms. The molecule has 0 bridgehead atoms. The van der Waals surface area contributed by atoms with Gasteiger partial charge in [-0.15, -0.1) is 0 Å². The quantitative estimate of drug-likeness (QED) is 0.802. The zero-order valence-corrected chi connectivity index (χ0v) is 11.6. The minimum Gasteiger partial charge on any atom is -0.493 e. The summed E-state index contributed by atoms with van der Waals surface area (Å²) in [7, 11) is 0. The molecule has 0 aromatic heterocycles. The molecular weight excluding hydrogens is 248 g/mol. The fourth-order valence-corrected chi connectivity index (χ4v) is 1.80. The van der Waals surface area contributed by atoms with Crippen LogP contribution in [0.3, 0.4) is 0 Å². The molecule has 0 fully saturated rings. The third kappa shape index (κ3) is 4.56. The van der Waals surface area contributed by atoms with Crippen LogP contribution in [0.1, 0.15) is 32.3 Å². The lowest BCUT2D eigenvalue weighted by atomic mass is 9.90. The molecule has 1 aromatic rings. The van der Waals surface area contributed by atoms with Crippen molar-refractivity contribution in [3.05, 3.63) is 28.8 Å². The third-order valence-electron chi connectivity index (χ3n) is 2.75. The Morgan fingerprint density at radius 1 is 1.44 bits per heavy atom. The number of hydrogen-bond acceptors (Lipinski definition) is 3. The number of rotatable bonds is 6. The molecule has 0 spiro atoms. The molecule has 1 aromatic carbocycles. The van der Waals surface area contributed by atoms with Crippen LogP contribution in [0.15, 0.2) is 18.2 Å². The number of nitrogens with zero attached hydrogens (tertiary/aromatic N) is 1. The maximum atomic E-state index is 8.90. The van der Waals surface area contributed by atoms with E-state index >= 15 is 0 Å². The standard InChI is InChI=1S/C14H19ClN2O/c1-14(2,10-17)6-3-7-18-13-5-4-12(15)8-11(13)9-16/h4-5,8H,3,6-7,9,16H2,1-2H3. The Kier molecular flexibility index (Phi) is 5.46. The summed E-state index contributed by atoms with van der Waals surface area (Å²) in [6.07, 6.45) is 1.66. The molecule has 3 nitrogen and oxygen atoms in total. The number of ether oxygens (including phenoxy) is 1. The van der Waals surface area contributed by atoms with Crippen LogP contribution in [0, 0.1) is 16.7 Å². The van der Waals surface area contributed by atoms with Crippen molar-refractivity contribution < 1.29 is 4.74 Å². The van der Waals surface area contributed by atoms with Gasteiger partial charge in [0, 0.05) is 17.1 Å². The first-order chi connectivity index (χ1) is 8.48. The summed E-state index contributed by atoms with van der Waals surface area (Å²) in [5, 5.41) is 9.56. The Labute approximate surface area is 114 Å². The van der Waals surface area contributed by atoms with Crippen LogP contribution in [0.5, 0.6) is 5.75 Å². The molecule has 98 valence electrons. The van der Waals surface area contributed by atoms with Gasteiger partial charge in [0.1, 0.15) is 5.75 Å². The second-order valence-electron chi connectivity index (χ2n) is 4.90. The van der Waals surface area contributed by atoms with Gasteiger partial charge in [-0.1, -0.05) is 11.6 Å². The van der Waals surface area contributed by atoms with E-state index in [1.807, 2.05) is 26.0 Å². The molecule has 0 radical (unpaired) electrons. The van der Waals surface area contributed by atoms with Gasteiger partial charge in [0.25, 0.3) is 0 Å². The third-order valence-corrected chi connectivity index (χ3v) is 2.98. The Morgan fingerprint density at radius 2 is 2.17 bits per heavy atom. The first-order valence-corrected chi connectivity index (χ1v) is 6.39. The van der Waals surface area contributed by atoms with Gasteiger partial charge in [-0.3, -0.25) is 0 Å². The summed E-state index contributed by atoms with van der Waals surface area (Å²) in [6, 6.07) is 7.71. The highest BCUT2D eigenvalue weighted by molar-refractivity contribution is 6.30. The smallest absolute Gasteiger partial charge is 0.123 e. The molecule has 0 atom stereocenters. The topological polar surface area (TPSA) is 59.0 Å². The zero-order valence-electron chi connectivity index (χ0n) is 10.9. The van der Waals surface area contributed by atoms with Crippen LogP contribution in [-0.4, -0.2) is 6.61 Å². The molecule has 2 N–H and O–H groups in total. The molecule has 0 aliphatic rings. The second kappa shape index (κ2) is 6.63. The highest BCUT2D eigenvalue weighted by atomic mass is 35.5. The lowest BCUT2D eigenvalue weighted by molar-refractivity contribution is 0.282. The summed E-state index contributed by atoms with van der Waals surface area (Å²) in [6.45, 7) is 4.85. The van der Waals surface area contributed by atoms with E-state index in [1.54, 1.807) is 6.07 Å². The van der Waals surface area contributed by atoms with E-state index in [-0.39, 0.29) is 5.41 Å². The molecule has 0 aliphatic carbocycles. The number of benzene rings is 1. The Balaban J connectivity index is 2.47. The first-order valence-electron chi connectivity index (χ1n) is 6.01. The predicted octanol–water partition coefficient (Wildman–Crippen LogP) is 3.51. The molecule has 0 heterocycles. The van der Waals surface area contributed by atoms with Crippen LogP contribution in [0.4, 0.5) is 0 Å². The number of nitriles is 1. The van der Waals surface area contributed by atoms with Gasteiger partial charge in [-0.05, 0) is 44.9 Å². The Morgan fingerprint density at radius 3 is 2.78 bits per heavy atom. The van der Waals surface area contributed by atoms with Crippen molar-refractivity contribution in [2.45, 2.75) is 33.2 Å². The van der Waals surface area contributed by atoms with Crippen LogP contribution in [0.25, 0.3) is 0 Å². The number of halogens is 1. The van der Waals surface area contributed by atoms with E-state index in [9.17, 15) is 0 Å². The van der Waals surface area contributed by atoms with Crippen LogP contribution in [-0.2, 0) is 6.54 Å². The minimum atomic E-state index is -0.292.